The van der Waals surface area contributed by atoms with Gasteiger partial charge in [0.1, 0.15) is 11.9 Å². The van der Waals surface area contributed by atoms with E-state index in [4.69, 9.17) is 4.74 Å². The third-order valence-corrected chi connectivity index (χ3v) is 11.2. The average molecular weight is 837 g/mol. The number of nitrogens with zero attached hydrogens (tertiary/aromatic N) is 2. The van der Waals surface area contributed by atoms with Crippen molar-refractivity contribution in [2.75, 3.05) is 48.8 Å². The number of fused-ring (bicyclic) bond motifs is 1. The Hall–Kier alpha value is -6.80. The van der Waals surface area contributed by atoms with Gasteiger partial charge < -0.3 is 40.4 Å². The molecule has 62 heavy (non-hydrogen) atoms. The van der Waals surface area contributed by atoms with Crippen molar-refractivity contribution in [3.63, 3.8) is 0 Å². The van der Waals surface area contributed by atoms with E-state index in [0.29, 0.717) is 78.9 Å². The van der Waals surface area contributed by atoms with Crippen LogP contribution in [0.2, 0.25) is 0 Å². The van der Waals surface area contributed by atoms with Gasteiger partial charge in [0, 0.05) is 79.6 Å². The maximum Gasteiger partial charge on any atom is 0.411 e. The van der Waals surface area contributed by atoms with E-state index in [-0.39, 0.29) is 47.3 Å². The normalized spacial score (nSPS) is 14.2. The van der Waals surface area contributed by atoms with Gasteiger partial charge in [-0.05, 0) is 91.4 Å². The van der Waals surface area contributed by atoms with E-state index in [1.165, 1.54) is 12.1 Å². The zero-order valence-electron chi connectivity index (χ0n) is 34.8. The van der Waals surface area contributed by atoms with Crippen LogP contribution in [0.5, 0.6) is 5.75 Å². The number of nitrogens with one attached hydrogen (secondary N) is 4. The molecule has 1 aliphatic heterocycles. The molecule has 13 nitrogen and oxygen atoms in total. The number of phenolic OH excluding ortho intramolecular Hbond substituents is 1. The van der Waals surface area contributed by atoms with Gasteiger partial charge in [-0.3, -0.25) is 19.7 Å². The minimum absolute atomic E-state index is 0.0302. The van der Waals surface area contributed by atoms with Gasteiger partial charge in [-0.2, -0.15) is 0 Å². The number of H-pyrrole nitrogens is 1. The van der Waals surface area contributed by atoms with Crippen molar-refractivity contribution >= 4 is 45.9 Å². The second kappa shape index (κ2) is 20.2. The first-order chi connectivity index (χ1) is 30.0. The Kier molecular flexibility index (Phi) is 14.1. The summed E-state index contributed by atoms with van der Waals surface area (Å²) in [6, 6.07) is 38.1. The maximum atomic E-state index is 13.4. The Morgan fingerprint density at radius 2 is 1.63 bits per heavy atom. The molecular weight excluding hydrogens is 785 g/mol. The van der Waals surface area contributed by atoms with Gasteiger partial charge >= 0.3 is 6.09 Å². The van der Waals surface area contributed by atoms with Crippen LogP contribution in [0.4, 0.5) is 21.9 Å². The molecule has 2 atom stereocenters. The van der Waals surface area contributed by atoms with Crippen molar-refractivity contribution in [3.05, 3.63) is 154 Å². The third-order valence-electron chi connectivity index (χ3n) is 11.2. The summed E-state index contributed by atoms with van der Waals surface area (Å²) in [5.41, 5.74) is 5.77. The number of amides is 3. The molecule has 320 valence electrons. The molecule has 13 heteroatoms. The minimum atomic E-state index is -0.885. The van der Waals surface area contributed by atoms with Gasteiger partial charge in [0.25, 0.3) is 5.91 Å². The lowest BCUT2D eigenvalue weighted by Gasteiger charge is -2.31. The van der Waals surface area contributed by atoms with Crippen molar-refractivity contribution in [1.82, 2.24) is 15.2 Å². The summed E-state index contributed by atoms with van der Waals surface area (Å²) in [7, 11) is 1.71. The molecule has 1 aliphatic rings. The molecule has 1 unspecified atom stereocenters. The molecule has 0 radical (unpaired) electrons. The molecule has 6 N–H and O–H groups in total. The Morgan fingerprint density at radius 1 is 0.871 bits per heavy atom. The van der Waals surface area contributed by atoms with E-state index < -0.39 is 12.2 Å². The lowest BCUT2D eigenvalue weighted by molar-refractivity contribution is -0.118. The van der Waals surface area contributed by atoms with Crippen molar-refractivity contribution in [2.24, 2.45) is 0 Å². The summed E-state index contributed by atoms with van der Waals surface area (Å²) in [6.45, 7) is 4.22. The highest BCUT2D eigenvalue weighted by atomic mass is 16.6. The summed E-state index contributed by atoms with van der Waals surface area (Å²) < 4.78 is 5.78. The fraction of sp³-hybridized carbons (Fsp3) is 0.265. The van der Waals surface area contributed by atoms with E-state index >= 15 is 0 Å². The van der Waals surface area contributed by atoms with Gasteiger partial charge in [0.05, 0.1) is 17.3 Å². The number of aromatic nitrogens is 1. The summed E-state index contributed by atoms with van der Waals surface area (Å²) in [4.78, 5) is 57.7. The average Bonchev–Trinajstić information content (AvgIpc) is 3.28. The van der Waals surface area contributed by atoms with E-state index in [1.54, 1.807) is 48.3 Å². The maximum absolute atomic E-state index is 13.4. The number of hydrogen-bond acceptors (Lipinski definition) is 9. The Morgan fingerprint density at radius 3 is 2.44 bits per heavy atom. The molecule has 1 aromatic heterocycles. The Labute approximate surface area is 360 Å². The lowest BCUT2D eigenvalue weighted by Crippen LogP contribution is -2.40. The number of likely N-dealkylation sites (tertiary alicyclic amines) is 1. The van der Waals surface area contributed by atoms with Crippen LogP contribution in [0, 0.1) is 0 Å². The highest BCUT2D eigenvalue weighted by Gasteiger charge is 2.24. The topological polar surface area (TPSA) is 176 Å². The SMILES string of the molecule is CC(Cc1cccc(NC(=O)c2cccc(N(C)C(=O)CCN3CCC(OC(=O)Nc4ccccc4-c4ccccc4)CC3)c2)c1)NC[C@H](O)c1ccc(O)c2[nH]c(=O)ccc12. The largest absolute Gasteiger partial charge is 0.506 e. The number of pyridine rings is 1. The summed E-state index contributed by atoms with van der Waals surface area (Å²) in [6.07, 6.45) is 0.674. The van der Waals surface area contributed by atoms with Crippen molar-refractivity contribution < 1.29 is 29.3 Å². The number of benzene rings is 5. The molecule has 2 heterocycles. The number of aromatic amines is 1. The van der Waals surface area contributed by atoms with Crippen LogP contribution in [0.3, 0.4) is 0 Å². The molecule has 5 aromatic carbocycles. The predicted octanol–water partition coefficient (Wildman–Crippen LogP) is 7.47. The molecule has 3 amide bonds. The molecular formula is C49H52N6O7. The van der Waals surface area contributed by atoms with E-state index in [9.17, 15) is 29.4 Å². The Balaban J connectivity index is 0.844. The van der Waals surface area contributed by atoms with Gasteiger partial charge in [0.15, 0.2) is 0 Å². The number of aromatic hydroxyl groups is 1. The van der Waals surface area contributed by atoms with Crippen LogP contribution in [-0.4, -0.2) is 83.4 Å². The molecule has 0 spiro atoms. The zero-order chi connectivity index (χ0) is 43.6. The number of carbonyl (C=O) groups excluding carboxylic acids is 3. The van der Waals surface area contributed by atoms with E-state index in [0.717, 1.165) is 16.7 Å². The molecule has 1 saturated heterocycles. The fourth-order valence-corrected chi connectivity index (χ4v) is 7.80. The number of anilines is 3. The van der Waals surface area contributed by atoms with Crippen molar-refractivity contribution in [1.29, 1.82) is 0 Å². The summed E-state index contributed by atoms with van der Waals surface area (Å²) in [5.74, 6) is -0.444. The van der Waals surface area contributed by atoms with Crippen LogP contribution in [0.1, 0.15) is 53.8 Å². The number of ether oxygens (including phenoxy) is 1. The third kappa shape index (κ3) is 11.1. The standard InChI is InChI=1S/C49H52N6O7/c1-32(50-31-44(57)40-18-20-43(56)47-41(40)19-21-45(58)53-47)28-33-10-8-14-36(29-33)51-48(60)35-13-9-15-37(30-35)54(2)46(59)24-27-55-25-22-38(23-26-55)62-49(61)52-42-17-7-6-16-39(42)34-11-4-3-5-12-34/h3-21,29-30,32,38,44,50,56-57H,22-28,31H2,1-2H3,(H,51,60)(H,52,61)(H,53,58)/t32?,44-/m0/s1. The van der Waals surface area contributed by atoms with Crippen LogP contribution in [0.15, 0.2) is 132 Å². The Bertz CT molecular complexity index is 2570. The molecule has 0 aliphatic carbocycles. The highest BCUT2D eigenvalue weighted by molar-refractivity contribution is 6.05. The number of hydrogen-bond donors (Lipinski definition) is 6. The number of piperidine rings is 1. The number of phenols is 1. The van der Waals surface area contributed by atoms with Gasteiger partial charge in [-0.15, -0.1) is 0 Å². The molecule has 6 aromatic rings. The van der Waals surface area contributed by atoms with Crippen LogP contribution < -0.4 is 26.4 Å². The first-order valence-corrected chi connectivity index (χ1v) is 20.9. The number of para-hydroxylation sites is 1. The second-order valence-corrected chi connectivity index (χ2v) is 15.7. The lowest BCUT2D eigenvalue weighted by atomic mass is 10.0. The predicted molar refractivity (Wildman–Crippen MR) is 243 cm³/mol. The van der Waals surface area contributed by atoms with E-state index in [2.05, 4.69) is 25.8 Å². The first kappa shape index (κ1) is 43.3. The van der Waals surface area contributed by atoms with Gasteiger partial charge in [0.2, 0.25) is 11.5 Å². The number of aliphatic hydroxyl groups excluding tert-OH is 1. The molecule has 7 rings (SSSR count). The molecule has 1 fully saturated rings. The quantitative estimate of drug-likeness (QED) is 0.0613. The zero-order valence-corrected chi connectivity index (χ0v) is 34.8. The summed E-state index contributed by atoms with van der Waals surface area (Å²) in [5, 5.41) is 31.0. The monoisotopic (exact) mass is 836 g/mol. The number of aliphatic hydroxyl groups is 1. The first-order valence-electron chi connectivity index (χ1n) is 20.9. The second-order valence-electron chi connectivity index (χ2n) is 15.7. The highest BCUT2D eigenvalue weighted by Crippen LogP contribution is 2.30. The van der Waals surface area contributed by atoms with Crippen molar-refractivity contribution in [2.45, 2.75) is 50.9 Å². The minimum Gasteiger partial charge on any atom is -0.506 e. The number of carbonyl (C=O) groups is 3. The van der Waals surface area contributed by atoms with Crippen molar-refractivity contribution in [3.8, 4) is 16.9 Å². The summed E-state index contributed by atoms with van der Waals surface area (Å²) >= 11 is 0. The van der Waals surface area contributed by atoms with E-state index in [1.807, 2.05) is 85.8 Å². The van der Waals surface area contributed by atoms with Gasteiger partial charge in [-0.25, -0.2) is 4.79 Å². The molecule has 0 saturated carbocycles. The van der Waals surface area contributed by atoms with Crippen LogP contribution in [0.25, 0.3) is 22.0 Å². The number of rotatable bonds is 15. The van der Waals surface area contributed by atoms with Crippen LogP contribution in [-0.2, 0) is 16.0 Å². The van der Waals surface area contributed by atoms with Crippen LogP contribution >= 0.6 is 0 Å². The van der Waals surface area contributed by atoms with Gasteiger partial charge in [-0.1, -0.05) is 72.8 Å². The fourth-order valence-electron chi connectivity index (χ4n) is 7.80. The molecule has 0 bridgehead atoms. The smallest absolute Gasteiger partial charge is 0.411 e.